The van der Waals surface area contributed by atoms with Gasteiger partial charge in [-0.05, 0) is 25.9 Å². The maximum atomic E-state index is 3.28. The predicted molar refractivity (Wildman–Crippen MR) is 26.7 cm³/mol. The van der Waals surface area contributed by atoms with E-state index in [2.05, 4.69) is 5.32 Å². The third-order valence-electron chi connectivity index (χ3n) is 1.21. The second kappa shape index (κ2) is 16.7. The molecule has 1 aliphatic heterocycles. The number of rotatable bonds is 0. The van der Waals surface area contributed by atoms with Gasteiger partial charge in [-0.2, -0.15) is 0 Å². The monoisotopic (exact) mass is 245 g/mol. The van der Waals surface area contributed by atoms with Gasteiger partial charge in [0.15, 0.2) is 0 Å². The number of halogens is 3. The first-order valence-electron chi connectivity index (χ1n) is 2.71. The van der Waals surface area contributed by atoms with Crippen LogP contribution in [0.5, 0.6) is 0 Å². The van der Waals surface area contributed by atoms with Crippen molar-refractivity contribution in [2.45, 2.75) is 19.3 Å². The molecule has 0 amide bonds. The Balaban J connectivity index is -0.0000000450. The smallest absolute Gasteiger partial charge is 1.00 e. The van der Waals surface area contributed by atoms with Crippen LogP contribution in [0.2, 0.25) is 0 Å². The van der Waals surface area contributed by atoms with Crippen molar-refractivity contribution in [1.29, 1.82) is 0 Å². The summed E-state index contributed by atoms with van der Waals surface area (Å²) in [4.78, 5) is 0. The van der Waals surface area contributed by atoms with Crippen molar-refractivity contribution >= 4 is 0 Å². The molecule has 0 radical (unpaired) electrons. The Morgan fingerprint density at radius 1 is 0.700 bits per heavy atom. The number of nitrogens with one attached hydrogen (secondary N) is 1. The van der Waals surface area contributed by atoms with Crippen molar-refractivity contribution in [3.8, 4) is 0 Å². The number of hydrogen-bond acceptors (Lipinski definition) is 1. The van der Waals surface area contributed by atoms with Gasteiger partial charge in [-0.25, -0.2) is 0 Å². The SMILES string of the molecule is C1CCNCC1.[Cl-].[Cl-].[Cl-].[Mn+3]. The molecule has 0 aromatic carbocycles. The van der Waals surface area contributed by atoms with Crippen LogP contribution in [0.15, 0.2) is 0 Å². The Bertz CT molecular complexity index is 32.4. The summed E-state index contributed by atoms with van der Waals surface area (Å²) in [7, 11) is 0. The molecule has 1 aliphatic rings. The van der Waals surface area contributed by atoms with Crippen molar-refractivity contribution in [3.63, 3.8) is 0 Å². The van der Waals surface area contributed by atoms with Gasteiger partial charge in [0.25, 0.3) is 0 Å². The van der Waals surface area contributed by atoms with Crippen LogP contribution in [0.3, 0.4) is 0 Å². The molecule has 1 saturated heterocycles. The van der Waals surface area contributed by atoms with Gasteiger partial charge in [-0.15, -0.1) is 0 Å². The molecule has 0 spiro atoms. The Hall–Kier alpha value is 1.35. The van der Waals surface area contributed by atoms with Gasteiger partial charge in [-0.3, -0.25) is 0 Å². The summed E-state index contributed by atoms with van der Waals surface area (Å²) < 4.78 is 0. The summed E-state index contributed by atoms with van der Waals surface area (Å²) in [6.45, 7) is 2.50. The van der Waals surface area contributed by atoms with E-state index >= 15 is 0 Å². The maximum Gasteiger partial charge on any atom is 3.00 e. The normalized spacial score (nSPS) is 14.4. The molecular formula is C5H11Cl3MnN. The Morgan fingerprint density at radius 2 is 1.10 bits per heavy atom. The van der Waals surface area contributed by atoms with Gasteiger partial charge in [0, 0.05) is 0 Å². The second-order valence-corrected chi connectivity index (χ2v) is 1.81. The molecule has 1 rings (SSSR count). The van der Waals surface area contributed by atoms with Crippen LogP contribution in [0.4, 0.5) is 0 Å². The molecule has 0 aromatic rings. The Labute approximate surface area is 91.8 Å². The topological polar surface area (TPSA) is 12.0 Å². The molecule has 1 heterocycles. The van der Waals surface area contributed by atoms with Crippen molar-refractivity contribution in [2.75, 3.05) is 13.1 Å². The van der Waals surface area contributed by atoms with E-state index in [4.69, 9.17) is 0 Å². The summed E-state index contributed by atoms with van der Waals surface area (Å²) >= 11 is 0. The molecule has 1 N–H and O–H groups in total. The van der Waals surface area contributed by atoms with Crippen LogP contribution in [-0.2, 0) is 17.1 Å². The summed E-state index contributed by atoms with van der Waals surface area (Å²) in [6.07, 6.45) is 4.22. The molecular weight excluding hydrogens is 235 g/mol. The molecule has 5 heteroatoms. The van der Waals surface area contributed by atoms with Crippen LogP contribution in [0.1, 0.15) is 19.3 Å². The molecule has 0 aromatic heterocycles. The van der Waals surface area contributed by atoms with Crippen molar-refractivity contribution in [2.24, 2.45) is 0 Å². The van der Waals surface area contributed by atoms with E-state index in [1.165, 1.54) is 32.4 Å². The maximum absolute atomic E-state index is 3.28. The standard InChI is InChI=1S/C5H11N.3ClH.Mn/c1-2-4-6-5-3-1;;;;/h6H,1-5H2;3*1H;/q;;;;+3/p-3. The van der Waals surface area contributed by atoms with Gasteiger partial charge in [-0.1, -0.05) is 6.42 Å². The third-order valence-corrected chi connectivity index (χ3v) is 1.21. The molecule has 0 atom stereocenters. The zero-order valence-electron chi connectivity index (χ0n) is 5.55. The third kappa shape index (κ3) is 12.1. The fraction of sp³-hybridized carbons (Fsp3) is 1.00. The van der Waals surface area contributed by atoms with Crippen molar-refractivity contribution in [3.05, 3.63) is 0 Å². The first-order valence-corrected chi connectivity index (χ1v) is 2.71. The van der Waals surface area contributed by atoms with E-state index in [0.29, 0.717) is 0 Å². The van der Waals surface area contributed by atoms with Crippen LogP contribution in [0, 0.1) is 0 Å². The molecule has 0 bridgehead atoms. The summed E-state index contributed by atoms with van der Waals surface area (Å²) in [5.74, 6) is 0. The van der Waals surface area contributed by atoms with Gasteiger partial charge in [0.1, 0.15) is 0 Å². The van der Waals surface area contributed by atoms with Crippen molar-refractivity contribution in [1.82, 2.24) is 5.32 Å². The number of hydrogen-bond donors (Lipinski definition) is 1. The second-order valence-electron chi connectivity index (χ2n) is 1.81. The molecule has 0 saturated carbocycles. The molecule has 1 fully saturated rings. The zero-order valence-corrected chi connectivity index (χ0v) is 9.00. The first-order chi connectivity index (χ1) is 3.00. The van der Waals surface area contributed by atoms with Gasteiger partial charge in [0.2, 0.25) is 0 Å². The fourth-order valence-corrected chi connectivity index (χ4v) is 0.802. The Kier molecular flexibility index (Phi) is 37.7. The van der Waals surface area contributed by atoms with E-state index in [0.717, 1.165) is 0 Å². The van der Waals surface area contributed by atoms with Gasteiger partial charge in [0.05, 0.1) is 0 Å². The fourth-order valence-electron chi connectivity index (χ4n) is 0.802. The summed E-state index contributed by atoms with van der Waals surface area (Å²) in [5.41, 5.74) is 0. The molecule has 0 unspecified atom stereocenters. The average Bonchev–Trinajstić information content (AvgIpc) is 1.72. The van der Waals surface area contributed by atoms with Gasteiger partial charge < -0.3 is 42.5 Å². The minimum Gasteiger partial charge on any atom is -1.00 e. The van der Waals surface area contributed by atoms with Crippen LogP contribution in [-0.4, -0.2) is 13.1 Å². The van der Waals surface area contributed by atoms with Crippen LogP contribution in [0.25, 0.3) is 0 Å². The number of piperidine rings is 1. The van der Waals surface area contributed by atoms with Crippen molar-refractivity contribution < 1.29 is 54.3 Å². The van der Waals surface area contributed by atoms with E-state index in [1.807, 2.05) is 0 Å². The average molecular weight is 246 g/mol. The minimum atomic E-state index is 0. The molecule has 10 heavy (non-hydrogen) atoms. The molecule has 1 nitrogen and oxygen atoms in total. The van der Waals surface area contributed by atoms with E-state index in [1.54, 1.807) is 0 Å². The minimum absolute atomic E-state index is 0. The Morgan fingerprint density at radius 3 is 1.20 bits per heavy atom. The largest absolute Gasteiger partial charge is 3.00 e. The quantitative estimate of drug-likeness (QED) is 0.419. The van der Waals surface area contributed by atoms with Gasteiger partial charge >= 0.3 is 17.1 Å². The van der Waals surface area contributed by atoms with Crippen LogP contribution >= 0.6 is 0 Å². The summed E-state index contributed by atoms with van der Waals surface area (Å²) in [6, 6.07) is 0. The zero-order chi connectivity index (χ0) is 4.24. The summed E-state index contributed by atoms with van der Waals surface area (Å²) in [5, 5.41) is 3.28. The van der Waals surface area contributed by atoms with E-state index in [9.17, 15) is 0 Å². The van der Waals surface area contributed by atoms with E-state index < -0.39 is 0 Å². The molecule has 0 aliphatic carbocycles. The first kappa shape index (κ1) is 22.5. The van der Waals surface area contributed by atoms with E-state index in [-0.39, 0.29) is 54.3 Å². The van der Waals surface area contributed by atoms with Crippen LogP contribution < -0.4 is 42.5 Å². The molecule has 64 valence electrons. The predicted octanol–water partition coefficient (Wildman–Crippen LogP) is -8.23.